The second kappa shape index (κ2) is 7.99. The first-order valence-electron chi connectivity index (χ1n) is 9.19. The number of rotatable bonds is 4. The zero-order chi connectivity index (χ0) is 20.2. The second-order valence-corrected chi connectivity index (χ2v) is 8.74. The van der Waals surface area contributed by atoms with E-state index in [0.29, 0.717) is 5.75 Å². The molecule has 27 heavy (non-hydrogen) atoms. The molecular weight excluding hydrogens is 336 g/mol. The van der Waals surface area contributed by atoms with E-state index >= 15 is 0 Å². The predicted molar refractivity (Wildman–Crippen MR) is 112 cm³/mol. The highest BCUT2D eigenvalue weighted by molar-refractivity contribution is 5.89. The van der Waals surface area contributed by atoms with Crippen LogP contribution in [0.15, 0.2) is 48.5 Å². The molecule has 0 heterocycles. The van der Waals surface area contributed by atoms with E-state index in [4.69, 9.17) is 9.47 Å². The average Bonchev–Trinajstić information content (AvgIpc) is 2.59. The third kappa shape index (κ3) is 5.72. The van der Waals surface area contributed by atoms with Crippen molar-refractivity contribution >= 4 is 12.0 Å². The van der Waals surface area contributed by atoms with Gasteiger partial charge in [0.25, 0.3) is 0 Å². The van der Waals surface area contributed by atoms with Crippen LogP contribution in [-0.2, 0) is 15.6 Å². The second-order valence-electron chi connectivity index (χ2n) is 8.74. The van der Waals surface area contributed by atoms with E-state index in [1.54, 1.807) is 13.2 Å². The van der Waals surface area contributed by atoms with Crippen molar-refractivity contribution in [3.63, 3.8) is 0 Å². The summed E-state index contributed by atoms with van der Waals surface area (Å²) in [5.41, 5.74) is 3.07. The van der Waals surface area contributed by atoms with Crippen LogP contribution in [0, 0.1) is 0 Å². The van der Waals surface area contributed by atoms with Gasteiger partial charge in [-0.2, -0.15) is 0 Å². The molecular formula is C24H30O3. The molecule has 0 spiro atoms. The first-order valence-corrected chi connectivity index (χ1v) is 9.19. The molecule has 0 aromatic heterocycles. The van der Waals surface area contributed by atoms with Crippen LogP contribution in [0.2, 0.25) is 0 Å². The maximum Gasteiger partial charge on any atom is 0.336 e. The van der Waals surface area contributed by atoms with Crippen LogP contribution in [0.3, 0.4) is 0 Å². The van der Waals surface area contributed by atoms with E-state index in [2.05, 4.69) is 47.6 Å². The minimum absolute atomic E-state index is 0.0385. The summed E-state index contributed by atoms with van der Waals surface area (Å²) in [6.07, 6.45) is 3.19. The van der Waals surface area contributed by atoms with Crippen LogP contribution >= 0.6 is 0 Å². The molecule has 0 aliphatic heterocycles. The molecule has 0 atom stereocenters. The Morgan fingerprint density at radius 2 is 1.52 bits per heavy atom. The Morgan fingerprint density at radius 3 is 2.04 bits per heavy atom. The maximum atomic E-state index is 12.3. The fraction of sp³-hybridized carbons (Fsp3) is 0.375. The molecule has 0 radical (unpaired) electrons. The van der Waals surface area contributed by atoms with Crippen LogP contribution < -0.4 is 9.47 Å². The molecule has 0 saturated heterocycles. The summed E-state index contributed by atoms with van der Waals surface area (Å²) >= 11 is 0. The number of carbonyl (C=O) groups excluding carboxylic acids is 1. The number of esters is 1. The lowest BCUT2D eigenvalue weighted by Crippen LogP contribution is -2.18. The van der Waals surface area contributed by atoms with Crippen LogP contribution in [0.25, 0.3) is 6.08 Å². The molecule has 3 heteroatoms. The minimum Gasteiger partial charge on any atom is -0.497 e. The SMILES string of the molecule is COc1ccc(/C=C/C(=O)Oc2ccc(C(C)(C)C)cc2C(C)(C)C)cc1. The Balaban J connectivity index is 2.22. The van der Waals surface area contributed by atoms with Crippen molar-refractivity contribution in [1.29, 1.82) is 0 Å². The van der Waals surface area contributed by atoms with Gasteiger partial charge in [0, 0.05) is 11.6 Å². The smallest absolute Gasteiger partial charge is 0.336 e. The van der Waals surface area contributed by atoms with Gasteiger partial charge < -0.3 is 9.47 Å². The minimum atomic E-state index is -0.389. The van der Waals surface area contributed by atoms with Gasteiger partial charge in [-0.15, -0.1) is 0 Å². The van der Waals surface area contributed by atoms with E-state index in [9.17, 15) is 4.79 Å². The van der Waals surface area contributed by atoms with Gasteiger partial charge in [0.05, 0.1) is 7.11 Å². The molecule has 0 unspecified atom stereocenters. The van der Waals surface area contributed by atoms with Gasteiger partial charge in [-0.3, -0.25) is 0 Å². The molecule has 0 amide bonds. The highest BCUT2D eigenvalue weighted by Crippen LogP contribution is 2.35. The molecule has 2 rings (SSSR count). The predicted octanol–water partition coefficient (Wildman–Crippen LogP) is 5.91. The van der Waals surface area contributed by atoms with Crippen LogP contribution in [0.1, 0.15) is 58.2 Å². The fourth-order valence-electron chi connectivity index (χ4n) is 2.69. The van der Waals surface area contributed by atoms with Gasteiger partial charge in [-0.25, -0.2) is 4.79 Å². The van der Waals surface area contributed by atoms with Crippen molar-refractivity contribution in [2.24, 2.45) is 0 Å². The lowest BCUT2D eigenvalue weighted by atomic mass is 9.80. The topological polar surface area (TPSA) is 35.5 Å². The highest BCUT2D eigenvalue weighted by atomic mass is 16.5. The van der Waals surface area contributed by atoms with E-state index < -0.39 is 0 Å². The molecule has 0 bridgehead atoms. The van der Waals surface area contributed by atoms with Crippen molar-refractivity contribution in [1.82, 2.24) is 0 Å². The summed E-state index contributed by atoms with van der Waals surface area (Å²) in [6.45, 7) is 12.9. The van der Waals surface area contributed by atoms with Gasteiger partial charge in [-0.1, -0.05) is 65.8 Å². The number of hydrogen-bond donors (Lipinski definition) is 0. The molecule has 3 nitrogen and oxygen atoms in total. The number of ether oxygens (including phenoxy) is 2. The van der Waals surface area contributed by atoms with Crippen molar-refractivity contribution in [3.05, 3.63) is 65.2 Å². The third-order valence-electron chi connectivity index (χ3n) is 4.39. The largest absolute Gasteiger partial charge is 0.497 e. The first-order chi connectivity index (χ1) is 12.5. The van der Waals surface area contributed by atoms with E-state index in [1.165, 1.54) is 11.6 Å². The number of carbonyl (C=O) groups is 1. The Morgan fingerprint density at radius 1 is 0.889 bits per heavy atom. The van der Waals surface area contributed by atoms with Gasteiger partial charge in [0.15, 0.2) is 0 Å². The Labute approximate surface area is 163 Å². The fourth-order valence-corrected chi connectivity index (χ4v) is 2.69. The molecule has 0 N–H and O–H groups in total. The van der Waals surface area contributed by atoms with E-state index in [1.807, 2.05) is 36.4 Å². The Kier molecular flexibility index (Phi) is 6.15. The summed E-state index contributed by atoms with van der Waals surface area (Å²) in [7, 11) is 1.62. The van der Waals surface area contributed by atoms with E-state index in [-0.39, 0.29) is 16.8 Å². The summed E-state index contributed by atoms with van der Waals surface area (Å²) < 4.78 is 10.8. The molecule has 2 aromatic rings. The molecule has 0 aliphatic rings. The molecule has 0 aliphatic carbocycles. The summed E-state index contributed by atoms with van der Waals surface area (Å²) in [6, 6.07) is 13.6. The summed E-state index contributed by atoms with van der Waals surface area (Å²) in [5, 5.41) is 0. The van der Waals surface area contributed by atoms with Gasteiger partial charge >= 0.3 is 5.97 Å². The van der Waals surface area contributed by atoms with Crippen molar-refractivity contribution in [2.75, 3.05) is 7.11 Å². The van der Waals surface area contributed by atoms with Gasteiger partial charge in [0.1, 0.15) is 11.5 Å². The Bertz CT molecular complexity index is 816. The molecule has 0 saturated carbocycles. The quantitative estimate of drug-likeness (QED) is 0.383. The van der Waals surface area contributed by atoms with Crippen LogP contribution in [-0.4, -0.2) is 13.1 Å². The normalized spacial score (nSPS) is 12.3. The van der Waals surface area contributed by atoms with Crippen LogP contribution in [0.5, 0.6) is 11.5 Å². The molecule has 2 aromatic carbocycles. The van der Waals surface area contributed by atoms with Crippen molar-refractivity contribution in [2.45, 2.75) is 52.4 Å². The number of benzene rings is 2. The van der Waals surface area contributed by atoms with Gasteiger partial charge in [-0.05, 0) is 46.2 Å². The molecule has 144 valence electrons. The standard InChI is InChI=1S/C24H30O3/c1-23(2,3)18-11-14-21(20(16-18)24(4,5)6)27-22(25)15-10-17-8-12-19(26-7)13-9-17/h8-16H,1-7H3/b15-10+. The lowest BCUT2D eigenvalue weighted by Gasteiger charge is -2.26. The zero-order valence-electron chi connectivity index (χ0n) is 17.4. The first kappa shape index (κ1) is 20.8. The maximum absolute atomic E-state index is 12.3. The molecule has 0 fully saturated rings. The summed E-state index contributed by atoms with van der Waals surface area (Å²) in [4.78, 5) is 12.3. The lowest BCUT2D eigenvalue weighted by molar-refractivity contribution is -0.128. The van der Waals surface area contributed by atoms with Gasteiger partial charge in [0.2, 0.25) is 0 Å². The van der Waals surface area contributed by atoms with Crippen LogP contribution in [0.4, 0.5) is 0 Å². The third-order valence-corrected chi connectivity index (χ3v) is 4.39. The monoisotopic (exact) mass is 366 g/mol. The van der Waals surface area contributed by atoms with Crippen molar-refractivity contribution < 1.29 is 14.3 Å². The van der Waals surface area contributed by atoms with E-state index in [0.717, 1.165) is 16.9 Å². The zero-order valence-corrected chi connectivity index (χ0v) is 17.4. The Hall–Kier alpha value is -2.55. The summed E-state index contributed by atoms with van der Waals surface area (Å²) in [5.74, 6) is 1.00. The highest BCUT2D eigenvalue weighted by Gasteiger charge is 2.23. The number of methoxy groups -OCH3 is 1. The average molecular weight is 367 g/mol. The number of hydrogen-bond acceptors (Lipinski definition) is 3. The van der Waals surface area contributed by atoms with Crippen molar-refractivity contribution in [3.8, 4) is 11.5 Å².